The predicted molar refractivity (Wildman–Crippen MR) is 182 cm³/mol. The number of aromatic nitrogens is 3. The number of fused-ring (bicyclic) bond motifs is 2. The quantitative estimate of drug-likeness (QED) is 0.216. The summed E-state index contributed by atoms with van der Waals surface area (Å²) in [6, 6.07) is 47.5. The van der Waals surface area contributed by atoms with Crippen LogP contribution in [0.3, 0.4) is 0 Å². The molecule has 5 heteroatoms. The second-order valence-corrected chi connectivity index (χ2v) is 11.4. The number of imidazole rings is 1. The number of pyridine rings is 1. The van der Waals surface area contributed by atoms with E-state index in [9.17, 15) is 0 Å². The number of para-hydroxylation sites is 2. The van der Waals surface area contributed by atoms with Crippen molar-refractivity contribution in [3.63, 3.8) is 0 Å². The van der Waals surface area contributed by atoms with Gasteiger partial charge in [-0.1, -0.05) is 72.8 Å². The Morgan fingerprint density at radius 1 is 0.614 bits per heavy atom. The molecule has 0 atom stereocenters. The van der Waals surface area contributed by atoms with Crippen LogP contribution in [0.5, 0.6) is 0 Å². The minimum atomic E-state index is 0.334. The van der Waals surface area contributed by atoms with Gasteiger partial charge in [-0.25, -0.2) is 9.97 Å². The van der Waals surface area contributed by atoms with Crippen molar-refractivity contribution in [2.45, 2.75) is 18.9 Å². The van der Waals surface area contributed by atoms with Crippen LogP contribution in [-0.2, 0) is 0 Å². The van der Waals surface area contributed by atoms with Gasteiger partial charge in [-0.15, -0.1) is 0 Å². The van der Waals surface area contributed by atoms with Crippen molar-refractivity contribution < 1.29 is 0 Å². The summed E-state index contributed by atoms with van der Waals surface area (Å²) in [5.74, 6) is 0.977. The lowest BCUT2D eigenvalue weighted by Gasteiger charge is -2.27. The number of hydrogen-bond acceptors (Lipinski definition) is 4. The van der Waals surface area contributed by atoms with Crippen LogP contribution in [0.2, 0.25) is 0 Å². The molecule has 2 aromatic heterocycles. The van der Waals surface area contributed by atoms with E-state index in [1.165, 1.54) is 10.8 Å². The van der Waals surface area contributed by atoms with Gasteiger partial charge in [0.2, 0.25) is 0 Å². The number of hydrogen-bond donors (Lipinski definition) is 1. The zero-order valence-electron chi connectivity index (χ0n) is 24.5. The molecule has 0 unspecified atom stereocenters. The molecule has 0 amide bonds. The van der Waals surface area contributed by atoms with E-state index in [0.717, 1.165) is 76.7 Å². The highest BCUT2D eigenvalue weighted by molar-refractivity contribution is 5.96. The van der Waals surface area contributed by atoms with Crippen molar-refractivity contribution in [3.05, 3.63) is 140 Å². The molecule has 8 rings (SSSR count). The van der Waals surface area contributed by atoms with Crippen LogP contribution < -0.4 is 10.2 Å². The third-order valence-corrected chi connectivity index (χ3v) is 8.73. The Balaban J connectivity index is 1.26. The second-order valence-electron chi connectivity index (χ2n) is 11.4. The monoisotopic (exact) mass is 571 g/mol. The molecule has 7 aromatic rings. The lowest BCUT2D eigenvalue weighted by molar-refractivity contribution is 0.376. The highest BCUT2D eigenvalue weighted by Gasteiger charge is 2.25. The van der Waals surface area contributed by atoms with Crippen LogP contribution in [0, 0.1) is 0 Å². The minimum Gasteiger partial charge on any atom is -0.317 e. The first kappa shape index (κ1) is 26.4. The van der Waals surface area contributed by atoms with Crippen molar-refractivity contribution in [3.8, 4) is 22.5 Å². The van der Waals surface area contributed by atoms with Gasteiger partial charge in [0.1, 0.15) is 11.3 Å². The minimum absolute atomic E-state index is 0.334. The van der Waals surface area contributed by atoms with Crippen LogP contribution in [0.4, 0.5) is 17.1 Å². The first-order valence-electron chi connectivity index (χ1n) is 15.4. The maximum Gasteiger partial charge on any atom is 0.161 e. The van der Waals surface area contributed by atoms with Gasteiger partial charge in [-0.05, 0) is 103 Å². The van der Waals surface area contributed by atoms with Crippen LogP contribution in [0.15, 0.2) is 140 Å². The number of benzene rings is 5. The molecule has 214 valence electrons. The number of rotatable bonds is 6. The average Bonchev–Trinajstić information content (AvgIpc) is 3.50. The van der Waals surface area contributed by atoms with Gasteiger partial charge >= 0.3 is 0 Å². The van der Waals surface area contributed by atoms with Gasteiger partial charge < -0.3 is 14.8 Å². The van der Waals surface area contributed by atoms with Crippen molar-refractivity contribution in [2.24, 2.45) is 0 Å². The first-order chi connectivity index (χ1) is 21.8. The fraction of sp³-hybridized carbons (Fsp3) is 0.128. The normalized spacial score (nSPS) is 13.8. The summed E-state index contributed by atoms with van der Waals surface area (Å²) < 4.78 is 2.40. The van der Waals surface area contributed by atoms with E-state index >= 15 is 0 Å². The standard InChI is InChI=1S/C39H33N5/c1-3-11-32(12-4-1)43(33-13-5-2-6-14-33)34-19-17-29(18-20-34)38-42-37-36(31-16-15-28-9-7-8-10-30(28)27-31)23-26-41-39(37)44(38)35-21-24-40-25-22-35/h1-20,23,26-27,35,40H,21-22,24-25H2. The molecule has 0 radical (unpaired) electrons. The van der Waals surface area contributed by atoms with Crippen LogP contribution in [0.25, 0.3) is 44.5 Å². The van der Waals surface area contributed by atoms with E-state index in [4.69, 9.17) is 9.97 Å². The number of nitrogens with zero attached hydrogens (tertiary/aromatic N) is 4. The third-order valence-electron chi connectivity index (χ3n) is 8.73. The van der Waals surface area contributed by atoms with Gasteiger partial charge in [-0.2, -0.15) is 0 Å². The van der Waals surface area contributed by atoms with E-state index in [2.05, 4.69) is 148 Å². The maximum absolute atomic E-state index is 5.37. The van der Waals surface area contributed by atoms with E-state index in [0.29, 0.717) is 6.04 Å². The third kappa shape index (κ3) is 4.81. The molecule has 1 saturated heterocycles. The molecule has 0 aliphatic carbocycles. The Labute approximate surface area is 257 Å². The van der Waals surface area contributed by atoms with Crippen LogP contribution >= 0.6 is 0 Å². The topological polar surface area (TPSA) is 46.0 Å². The summed E-state index contributed by atoms with van der Waals surface area (Å²) in [6.45, 7) is 1.99. The van der Waals surface area contributed by atoms with Crippen LogP contribution in [0.1, 0.15) is 18.9 Å². The Kier molecular flexibility index (Phi) is 6.86. The summed E-state index contributed by atoms with van der Waals surface area (Å²) in [5.41, 5.74) is 8.63. The summed E-state index contributed by atoms with van der Waals surface area (Å²) >= 11 is 0. The fourth-order valence-electron chi connectivity index (χ4n) is 6.55. The largest absolute Gasteiger partial charge is 0.317 e. The van der Waals surface area contributed by atoms with Crippen LogP contribution in [-0.4, -0.2) is 27.6 Å². The molecular formula is C39H33N5. The molecule has 1 fully saturated rings. The lowest BCUT2D eigenvalue weighted by atomic mass is 10.0. The van der Waals surface area contributed by atoms with E-state index in [1.54, 1.807) is 0 Å². The van der Waals surface area contributed by atoms with E-state index in [1.807, 2.05) is 6.20 Å². The predicted octanol–water partition coefficient (Wildman–Crippen LogP) is 9.31. The molecule has 3 heterocycles. The van der Waals surface area contributed by atoms with Crippen molar-refractivity contribution in [2.75, 3.05) is 18.0 Å². The van der Waals surface area contributed by atoms with Gasteiger partial charge in [0.05, 0.1) is 0 Å². The summed E-state index contributed by atoms with van der Waals surface area (Å²) in [6.07, 6.45) is 4.04. The molecule has 1 aliphatic rings. The maximum atomic E-state index is 5.37. The number of anilines is 3. The molecular weight excluding hydrogens is 538 g/mol. The van der Waals surface area contributed by atoms with Gasteiger partial charge in [0.25, 0.3) is 0 Å². The Morgan fingerprint density at radius 3 is 1.93 bits per heavy atom. The Morgan fingerprint density at radius 2 is 1.23 bits per heavy atom. The first-order valence-corrected chi connectivity index (χ1v) is 15.4. The Bertz CT molecular complexity index is 2000. The molecule has 5 aromatic carbocycles. The highest BCUT2D eigenvalue weighted by Crippen LogP contribution is 2.38. The summed E-state index contributed by atoms with van der Waals surface area (Å²) in [5, 5.41) is 5.99. The average molecular weight is 572 g/mol. The summed E-state index contributed by atoms with van der Waals surface area (Å²) in [4.78, 5) is 12.6. The zero-order chi connectivity index (χ0) is 29.3. The molecule has 5 nitrogen and oxygen atoms in total. The molecule has 0 saturated carbocycles. The van der Waals surface area contributed by atoms with Crippen molar-refractivity contribution >= 4 is 39.0 Å². The molecule has 0 spiro atoms. The smallest absolute Gasteiger partial charge is 0.161 e. The number of piperidine rings is 1. The zero-order valence-corrected chi connectivity index (χ0v) is 24.5. The van der Waals surface area contributed by atoms with Gasteiger partial charge in [-0.3, -0.25) is 0 Å². The molecule has 44 heavy (non-hydrogen) atoms. The molecule has 0 bridgehead atoms. The van der Waals surface area contributed by atoms with E-state index in [-0.39, 0.29) is 0 Å². The lowest BCUT2D eigenvalue weighted by Crippen LogP contribution is -2.29. The van der Waals surface area contributed by atoms with Gasteiger partial charge in [0.15, 0.2) is 5.65 Å². The fourth-order valence-corrected chi connectivity index (χ4v) is 6.55. The second kappa shape index (κ2) is 11.4. The highest BCUT2D eigenvalue weighted by atomic mass is 15.2. The molecule has 1 aliphatic heterocycles. The SMILES string of the molecule is c1ccc(N(c2ccccc2)c2ccc(-c3nc4c(-c5ccc6ccccc6c5)ccnc4n3C3CCNCC3)cc2)cc1. The molecule has 1 N–H and O–H groups in total. The van der Waals surface area contributed by atoms with E-state index < -0.39 is 0 Å². The van der Waals surface area contributed by atoms with Crippen molar-refractivity contribution in [1.82, 2.24) is 19.9 Å². The summed E-state index contributed by atoms with van der Waals surface area (Å²) in [7, 11) is 0. The van der Waals surface area contributed by atoms with Crippen molar-refractivity contribution in [1.29, 1.82) is 0 Å². The Hall–Kier alpha value is -5.26. The van der Waals surface area contributed by atoms with Gasteiger partial charge in [0, 0.05) is 40.4 Å². The number of nitrogens with one attached hydrogen (secondary N) is 1.